The third kappa shape index (κ3) is 4.98. The van der Waals surface area contributed by atoms with Gasteiger partial charge in [-0.1, -0.05) is 0 Å². The Balaban J connectivity index is 1.73. The number of hydrogen-bond acceptors (Lipinski definition) is 6. The van der Waals surface area contributed by atoms with Crippen LogP contribution in [0, 0.1) is 6.92 Å². The molecule has 1 aliphatic rings. The second-order valence-corrected chi connectivity index (χ2v) is 6.71. The maximum Gasteiger partial charge on any atom is 0.410 e. The zero-order valence-electron chi connectivity index (χ0n) is 13.2. The fourth-order valence-corrected chi connectivity index (χ4v) is 2.91. The maximum absolute atomic E-state index is 11.9. The van der Waals surface area contributed by atoms with Crippen LogP contribution in [0.4, 0.5) is 4.79 Å². The highest BCUT2D eigenvalue weighted by Crippen LogP contribution is 2.16. The summed E-state index contributed by atoms with van der Waals surface area (Å²) in [7, 11) is 0. The van der Waals surface area contributed by atoms with E-state index >= 15 is 0 Å². The molecule has 0 aromatic carbocycles. The van der Waals surface area contributed by atoms with Crippen molar-refractivity contribution in [1.82, 2.24) is 9.88 Å². The molecule has 1 fully saturated rings. The van der Waals surface area contributed by atoms with E-state index in [1.54, 1.807) is 4.90 Å². The number of nitrogens with zero attached hydrogens (tertiary/aromatic N) is 2. The number of carbonyl (C=O) groups is 2. The SMILES string of the molecule is Cc1nc(CC(=O)OC2CCN(C(=O)OC(C)C)CC2)cs1. The van der Waals surface area contributed by atoms with Gasteiger partial charge < -0.3 is 14.4 Å². The first-order valence-electron chi connectivity index (χ1n) is 7.50. The Hall–Kier alpha value is -1.63. The van der Waals surface area contributed by atoms with Crippen LogP contribution in [0.2, 0.25) is 0 Å². The minimum atomic E-state index is -0.294. The predicted molar refractivity (Wildman–Crippen MR) is 82.9 cm³/mol. The molecule has 122 valence electrons. The van der Waals surface area contributed by atoms with Crippen molar-refractivity contribution in [1.29, 1.82) is 0 Å². The van der Waals surface area contributed by atoms with Gasteiger partial charge in [-0.05, 0) is 20.8 Å². The first-order valence-corrected chi connectivity index (χ1v) is 8.38. The second-order valence-electron chi connectivity index (χ2n) is 5.64. The lowest BCUT2D eigenvalue weighted by molar-refractivity contribution is -0.150. The molecule has 1 aromatic rings. The van der Waals surface area contributed by atoms with E-state index in [0.29, 0.717) is 25.9 Å². The molecule has 0 atom stereocenters. The lowest BCUT2D eigenvalue weighted by atomic mass is 10.1. The van der Waals surface area contributed by atoms with E-state index in [1.165, 1.54) is 11.3 Å². The van der Waals surface area contributed by atoms with Gasteiger partial charge in [0.15, 0.2) is 0 Å². The lowest BCUT2D eigenvalue weighted by Crippen LogP contribution is -2.42. The lowest BCUT2D eigenvalue weighted by Gasteiger charge is -2.31. The van der Waals surface area contributed by atoms with Crippen LogP contribution in [0.3, 0.4) is 0 Å². The van der Waals surface area contributed by atoms with Gasteiger partial charge in [0.25, 0.3) is 0 Å². The average molecular weight is 326 g/mol. The zero-order chi connectivity index (χ0) is 16.1. The number of rotatable bonds is 4. The summed E-state index contributed by atoms with van der Waals surface area (Å²) in [6.45, 7) is 6.67. The molecule has 7 heteroatoms. The van der Waals surface area contributed by atoms with Crippen molar-refractivity contribution in [3.63, 3.8) is 0 Å². The van der Waals surface area contributed by atoms with Gasteiger partial charge in [0.2, 0.25) is 0 Å². The molecule has 1 aliphatic heterocycles. The van der Waals surface area contributed by atoms with Gasteiger partial charge in [0.05, 0.1) is 23.2 Å². The summed E-state index contributed by atoms with van der Waals surface area (Å²) in [6, 6.07) is 0. The highest BCUT2D eigenvalue weighted by atomic mass is 32.1. The Morgan fingerprint density at radius 1 is 1.41 bits per heavy atom. The smallest absolute Gasteiger partial charge is 0.410 e. The molecular formula is C15H22N2O4S. The standard InChI is InChI=1S/C15H22N2O4S/c1-10(2)20-15(19)17-6-4-13(5-7-17)21-14(18)8-12-9-22-11(3)16-12/h9-10,13H,4-8H2,1-3H3. The molecular weight excluding hydrogens is 304 g/mol. The summed E-state index contributed by atoms with van der Waals surface area (Å²) in [5.41, 5.74) is 0.755. The number of likely N-dealkylation sites (tertiary alicyclic amines) is 1. The number of ether oxygens (including phenoxy) is 2. The van der Waals surface area contributed by atoms with Crippen molar-refractivity contribution >= 4 is 23.4 Å². The average Bonchev–Trinajstić information content (AvgIpc) is 2.83. The number of esters is 1. The fourth-order valence-electron chi connectivity index (χ4n) is 2.30. The fraction of sp³-hybridized carbons (Fsp3) is 0.667. The predicted octanol–water partition coefficient (Wildman–Crippen LogP) is 2.55. The molecule has 0 spiro atoms. The molecule has 0 radical (unpaired) electrons. The van der Waals surface area contributed by atoms with Gasteiger partial charge in [-0.2, -0.15) is 0 Å². The molecule has 6 nitrogen and oxygen atoms in total. The van der Waals surface area contributed by atoms with Crippen LogP contribution in [0.25, 0.3) is 0 Å². The quantitative estimate of drug-likeness (QED) is 0.795. The number of carbonyl (C=O) groups excluding carboxylic acids is 2. The van der Waals surface area contributed by atoms with Crippen LogP contribution in [-0.2, 0) is 20.7 Å². The number of piperidine rings is 1. The zero-order valence-corrected chi connectivity index (χ0v) is 14.0. The Bertz CT molecular complexity index is 521. The molecule has 1 saturated heterocycles. The number of hydrogen-bond donors (Lipinski definition) is 0. The van der Waals surface area contributed by atoms with Gasteiger partial charge in [-0.3, -0.25) is 4.79 Å². The number of aryl methyl sites for hydroxylation is 1. The van der Waals surface area contributed by atoms with E-state index in [0.717, 1.165) is 10.7 Å². The van der Waals surface area contributed by atoms with E-state index in [-0.39, 0.29) is 30.7 Å². The van der Waals surface area contributed by atoms with E-state index in [4.69, 9.17) is 9.47 Å². The molecule has 0 saturated carbocycles. The summed E-state index contributed by atoms with van der Waals surface area (Å²) in [5.74, 6) is -0.256. The minimum Gasteiger partial charge on any atom is -0.462 e. The molecule has 0 bridgehead atoms. The number of amides is 1. The summed E-state index contributed by atoms with van der Waals surface area (Å²) in [5, 5.41) is 2.82. The van der Waals surface area contributed by atoms with Crippen LogP contribution in [0.15, 0.2) is 5.38 Å². The molecule has 1 aromatic heterocycles. The molecule has 1 amide bonds. The molecule has 22 heavy (non-hydrogen) atoms. The van der Waals surface area contributed by atoms with Crippen LogP contribution < -0.4 is 0 Å². The molecule has 2 heterocycles. The van der Waals surface area contributed by atoms with Crippen LogP contribution in [0.1, 0.15) is 37.4 Å². The van der Waals surface area contributed by atoms with Gasteiger partial charge >= 0.3 is 12.1 Å². The Kier molecular flexibility index (Phi) is 5.76. The normalized spacial score (nSPS) is 15.9. The first-order chi connectivity index (χ1) is 10.4. The third-order valence-electron chi connectivity index (χ3n) is 3.33. The number of aromatic nitrogens is 1. The van der Waals surface area contributed by atoms with Crippen molar-refractivity contribution in [3.05, 3.63) is 16.1 Å². The number of thiazole rings is 1. The van der Waals surface area contributed by atoms with Crippen molar-refractivity contribution in [2.24, 2.45) is 0 Å². The molecule has 0 N–H and O–H groups in total. The Labute approximate surface area is 134 Å². The topological polar surface area (TPSA) is 68.7 Å². The van der Waals surface area contributed by atoms with Crippen molar-refractivity contribution in [2.45, 2.75) is 52.2 Å². The molecule has 0 aliphatic carbocycles. The highest BCUT2D eigenvalue weighted by molar-refractivity contribution is 7.09. The minimum absolute atomic E-state index is 0.121. The summed E-state index contributed by atoms with van der Waals surface area (Å²) < 4.78 is 10.6. The molecule has 2 rings (SSSR count). The van der Waals surface area contributed by atoms with E-state index in [2.05, 4.69) is 4.98 Å². The monoisotopic (exact) mass is 326 g/mol. The summed E-state index contributed by atoms with van der Waals surface area (Å²) in [6.07, 6.45) is 0.960. The second kappa shape index (κ2) is 7.58. The van der Waals surface area contributed by atoms with Gasteiger partial charge in [-0.25, -0.2) is 9.78 Å². The molecule has 0 unspecified atom stereocenters. The van der Waals surface area contributed by atoms with E-state index < -0.39 is 0 Å². The van der Waals surface area contributed by atoms with Gasteiger partial charge in [0.1, 0.15) is 6.10 Å². The van der Waals surface area contributed by atoms with E-state index in [1.807, 2.05) is 26.2 Å². The Morgan fingerprint density at radius 2 is 2.09 bits per heavy atom. The van der Waals surface area contributed by atoms with E-state index in [9.17, 15) is 9.59 Å². The van der Waals surface area contributed by atoms with Crippen molar-refractivity contribution < 1.29 is 19.1 Å². The maximum atomic E-state index is 11.9. The highest BCUT2D eigenvalue weighted by Gasteiger charge is 2.26. The third-order valence-corrected chi connectivity index (χ3v) is 4.15. The van der Waals surface area contributed by atoms with Crippen molar-refractivity contribution in [2.75, 3.05) is 13.1 Å². The first kappa shape index (κ1) is 16.7. The van der Waals surface area contributed by atoms with Crippen molar-refractivity contribution in [3.8, 4) is 0 Å². The van der Waals surface area contributed by atoms with Crippen LogP contribution >= 0.6 is 11.3 Å². The summed E-state index contributed by atoms with van der Waals surface area (Å²) in [4.78, 5) is 29.6. The summed E-state index contributed by atoms with van der Waals surface area (Å²) >= 11 is 1.52. The van der Waals surface area contributed by atoms with Crippen LogP contribution in [0.5, 0.6) is 0 Å². The Morgan fingerprint density at radius 3 is 2.64 bits per heavy atom. The van der Waals surface area contributed by atoms with Crippen LogP contribution in [-0.4, -0.2) is 47.2 Å². The largest absolute Gasteiger partial charge is 0.462 e. The van der Waals surface area contributed by atoms with Gasteiger partial charge in [0, 0.05) is 31.3 Å². The van der Waals surface area contributed by atoms with Gasteiger partial charge in [-0.15, -0.1) is 11.3 Å².